The lowest BCUT2D eigenvalue weighted by Crippen LogP contribution is -2.60. The van der Waals surface area contributed by atoms with Crippen LogP contribution < -0.4 is 10.2 Å². The molecule has 0 amide bonds. The van der Waals surface area contributed by atoms with Crippen LogP contribution in [0.4, 0.5) is 10.1 Å². The highest BCUT2D eigenvalue weighted by Gasteiger charge is 2.34. The van der Waals surface area contributed by atoms with E-state index in [4.69, 9.17) is 4.74 Å². The van der Waals surface area contributed by atoms with E-state index in [0.717, 1.165) is 62.1 Å². The van der Waals surface area contributed by atoms with E-state index in [-0.39, 0.29) is 23.9 Å². The van der Waals surface area contributed by atoms with Crippen molar-refractivity contribution in [1.29, 1.82) is 0 Å². The maximum Gasteiger partial charge on any atom is 0.338 e. The van der Waals surface area contributed by atoms with Gasteiger partial charge in [0.15, 0.2) is 0 Å². The minimum absolute atomic E-state index is 0.132. The lowest BCUT2D eigenvalue weighted by atomic mass is 10.0. The Balaban J connectivity index is 1.24. The number of carbonyl (C=O) groups is 1. The van der Waals surface area contributed by atoms with Gasteiger partial charge in [-0.25, -0.2) is 9.18 Å². The Labute approximate surface area is 187 Å². The van der Waals surface area contributed by atoms with Crippen LogP contribution in [0, 0.1) is 5.82 Å². The molecule has 2 aliphatic heterocycles. The Hall–Kier alpha value is -2.96. The number of nitrogens with zero attached hydrogens (tertiary/aromatic N) is 2. The number of rotatable bonds is 4. The number of hydrogen-bond acceptors (Lipinski definition) is 5. The molecule has 2 saturated heterocycles. The molecular formula is C26H28FN3O2. The molecule has 32 heavy (non-hydrogen) atoms. The largest absolute Gasteiger partial charge is 0.457 e. The summed E-state index contributed by atoms with van der Waals surface area (Å²) < 4.78 is 19.3. The van der Waals surface area contributed by atoms with E-state index in [2.05, 4.69) is 15.1 Å². The van der Waals surface area contributed by atoms with E-state index in [9.17, 15) is 9.18 Å². The van der Waals surface area contributed by atoms with Gasteiger partial charge in [0.25, 0.3) is 0 Å². The Morgan fingerprint density at radius 1 is 0.938 bits per heavy atom. The minimum atomic E-state index is -0.252. The van der Waals surface area contributed by atoms with Crippen LogP contribution in [-0.2, 0) is 4.74 Å². The highest BCUT2D eigenvalue weighted by atomic mass is 19.1. The summed E-state index contributed by atoms with van der Waals surface area (Å²) in [5, 5.41) is 5.62. The van der Waals surface area contributed by atoms with Gasteiger partial charge in [0.2, 0.25) is 0 Å². The number of carbonyl (C=O) groups excluding carboxylic acids is 1. The van der Waals surface area contributed by atoms with Crippen molar-refractivity contribution in [3.05, 3.63) is 78.1 Å². The Bertz CT molecular complexity index is 1080. The zero-order valence-electron chi connectivity index (χ0n) is 18.0. The molecule has 0 aliphatic carbocycles. The first kappa shape index (κ1) is 20.9. The van der Waals surface area contributed by atoms with Crippen LogP contribution in [0.2, 0.25) is 0 Å². The van der Waals surface area contributed by atoms with Crippen molar-refractivity contribution in [3.63, 3.8) is 0 Å². The second-order valence-corrected chi connectivity index (χ2v) is 8.57. The Morgan fingerprint density at radius 2 is 1.69 bits per heavy atom. The van der Waals surface area contributed by atoms with Gasteiger partial charge in [-0.3, -0.25) is 4.90 Å². The van der Waals surface area contributed by atoms with E-state index >= 15 is 0 Å². The van der Waals surface area contributed by atoms with E-state index in [0.29, 0.717) is 5.56 Å². The van der Waals surface area contributed by atoms with Crippen LogP contribution in [0.5, 0.6) is 0 Å². The van der Waals surface area contributed by atoms with Gasteiger partial charge in [0.05, 0.1) is 11.6 Å². The first-order chi connectivity index (χ1) is 15.7. The molecule has 5 nitrogen and oxygen atoms in total. The maximum absolute atomic E-state index is 13.2. The number of halogens is 1. The van der Waals surface area contributed by atoms with Crippen molar-refractivity contribution in [2.75, 3.05) is 44.2 Å². The molecule has 166 valence electrons. The fourth-order valence-electron chi connectivity index (χ4n) is 4.81. The monoisotopic (exact) mass is 433 g/mol. The van der Waals surface area contributed by atoms with Crippen LogP contribution in [0.15, 0.2) is 66.7 Å². The molecule has 2 heterocycles. The van der Waals surface area contributed by atoms with Gasteiger partial charge in [-0.05, 0) is 60.1 Å². The van der Waals surface area contributed by atoms with Crippen LogP contribution in [0.3, 0.4) is 0 Å². The lowest BCUT2D eigenvalue weighted by Gasteiger charge is -2.44. The molecule has 1 N–H and O–H groups in total. The van der Waals surface area contributed by atoms with Gasteiger partial charge in [-0.15, -0.1) is 0 Å². The Morgan fingerprint density at radius 3 is 2.47 bits per heavy atom. The van der Waals surface area contributed by atoms with Crippen molar-refractivity contribution in [2.45, 2.75) is 18.6 Å². The molecular weight excluding hydrogens is 405 g/mol. The highest BCUT2D eigenvalue weighted by molar-refractivity contribution is 5.95. The van der Waals surface area contributed by atoms with Gasteiger partial charge < -0.3 is 15.0 Å². The SMILES string of the molecule is O=C(O[C@@H]1CCNCC1N1CCN(c2ccc(F)cc2)CC1)c1ccc2ccccc2c1. The quantitative estimate of drug-likeness (QED) is 0.636. The summed E-state index contributed by atoms with van der Waals surface area (Å²) in [5.74, 6) is -0.464. The van der Waals surface area contributed by atoms with Gasteiger partial charge in [0.1, 0.15) is 11.9 Å². The molecule has 2 atom stereocenters. The molecule has 3 aromatic rings. The first-order valence-corrected chi connectivity index (χ1v) is 11.3. The fraction of sp³-hybridized carbons (Fsp3) is 0.346. The number of piperidine rings is 1. The molecule has 2 aliphatic rings. The van der Waals surface area contributed by atoms with Gasteiger partial charge >= 0.3 is 5.97 Å². The maximum atomic E-state index is 13.2. The number of ether oxygens (including phenoxy) is 1. The number of hydrogen-bond donors (Lipinski definition) is 1. The summed E-state index contributed by atoms with van der Waals surface area (Å²) in [5.41, 5.74) is 1.65. The zero-order chi connectivity index (χ0) is 21.9. The normalized spacial score (nSPS) is 22.1. The molecule has 0 bridgehead atoms. The summed E-state index contributed by atoms with van der Waals surface area (Å²) in [7, 11) is 0. The smallest absolute Gasteiger partial charge is 0.338 e. The highest BCUT2D eigenvalue weighted by Crippen LogP contribution is 2.23. The number of fused-ring (bicyclic) bond motifs is 1. The molecule has 5 rings (SSSR count). The third kappa shape index (κ3) is 4.47. The van der Waals surface area contributed by atoms with Crippen molar-refractivity contribution in [2.24, 2.45) is 0 Å². The summed E-state index contributed by atoms with van der Waals surface area (Å²) in [6.45, 7) is 5.16. The topological polar surface area (TPSA) is 44.8 Å². The van der Waals surface area contributed by atoms with Gasteiger partial charge in [-0.1, -0.05) is 30.3 Å². The number of benzene rings is 3. The predicted octanol–water partition coefficient (Wildman–Crippen LogP) is 3.69. The van der Waals surface area contributed by atoms with Crippen LogP contribution in [0.25, 0.3) is 10.8 Å². The second-order valence-electron chi connectivity index (χ2n) is 8.57. The molecule has 3 aromatic carbocycles. The third-order valence-corrected chi connectivity index (χ3v) is 6.61. The third-order valence-electron chi connectivity index (χ3n) is 6.61. The molecule has 6 heteroatoms. The second kappa shape index (κ2) is 9.27. The minimum Gasteiger partial charge on any atom is -0.457 e. The average Bonchev–Trinajstić information content (AvgIpc) is 2.85. The standard InChI is InChI=1S/C26H28FN3O2/c27-22-7-9-23(10-8-22)29-13-15-30(16-14-29)24-18-28-12-11-25(24)32-26(31)21-6-5-19-3-1-2-4-20(19)17-21/h1-10,17,24-25,28H,11-16,18H2/t24?,25-/m1/s1. The van der Waals surface area contributed by atoms with Crippen LogP contribution in [0.1, 0.15) is 16.8 Å². The predicted molar refractivity (Wildman–Crippen MR) is 125 cm³/mol. The number of piperazine rings is 1. The fourth-order valence-corrected chi connectivity index (χ4v) is 4.81. The van der Waals surface area contributed by atoms with Crippen molar-refractivity contribution in [3.8, 4) is 0 Å². The average molecular weight is 434 g/mol. The summed E-state index contributed by atoms with van der Waals surface area (Å²) in [4.78, 5) is 17.7. The number of anilines is 1. The van der Waals surface area contributed by atoms with Crippen molar-refractivity contribution < 1.29 is 13.9 Å². The van der Waals surface area contributed by atoms with E-state index < -0.39 is 0 Å². The number of esters is 1. The summed E-state index contributed by atoms with van der Waals surface area (Å²) in [6.07, 6.45) is 0.676. The van der Waals surface area contributed by atoms with Crippen LogP contribution in [-0.4, -0.2) is 62.3 Å². The summed E-state index contributed by atoms with van der Waals surface area (Å²) >= 11 is 0. The molecule has 1 unspecified atom stereocenters. The number of nitrogens with one attached hydrogen (secondary N) is 1. The van der Waals surface area contributed by atoms with Gasteiger partial charge in [-0.2, -0.15) is 0 Å². The molecule has 0 aromatic heterocycles. The van der Waals surface area contributed by atoms with E-state index in [1.807, 2.05) is 54.6 Å². The Kier molecular flexibility index (Phi) is 6.06. The van der Waals surface area contributed by atoms with Crippen LogP contribution >= 0.6 is 0 Å². The van der Waals surface area contributed by atoms with E-state index in [1.165, 1.54) is 12.1 Å². The summed E-state index contributed by atoms with van der Waals surface area (Å²) in [6, 6.07) is 20.6. The molecule has 0 spiro atoms. The first-order valence-electron chi connectivity index (χ1n) is 11.3. The van der Waals surface area contributed by atoms with E-state index in [1.54, 1.807) is 0 Å². The molecule has 0 saturated carbocycles. The molecule has 0 radical (unpaired) electrons. The lowest BCUT2D eigenvalue weighted by molar-refractivity contribution is -0.0140. The van der Waals surface area contributed by atoms with Crippen molar-refractivity contribution in [1.82, 2.24) is 10.2 Å². The molecule has 2 fully saturated rings. The van der Waals surface area contributed by atoms with Gasteiger partial charge in [0, 0.05) is 38.4 Å². The zero-order valence-corrected chi connectivity index (χ0v) is 18.0. The van der Waals surface area contributed by atoms with Crippen molar-refractivity contribution >= 4 is 22.4 Å².